The van der Waals surface area contributed by atoms with Crippen LogP contribution in [0.25, 0.3) is 0 Å². The van der Waals surface area contributed by atoms with Crippen LogP contribution in [0.5, 0.6) is 0 Å². The number of halogens is 5. The Morgan fingerprint density at radius 2 is 1.81 bits per heavy atom. The van der Waals surface area contributed by atoms with E-state index in [9.17, 15) is 13.6 Å². The van der Waals surface area contributed by atoms with Crippen molar-refractivity contribution in [2.45, 2.75) is 6.92 Å². The van der Waals surface area contributed by atoms with Crippen molar-refractivity contribution in [3.8, 4) is 0 Å². The molecule has 1 heterocycles. The lowest BCUT2D eigenvalue weighted by atomic mass is 10.1. The highest BCUT2D eigenvalue weighted by Gasteiger charge is 2.20. The van der Waals surface area contributed by atoms with Gasteiger partial charge in [0.15, 0.2) is 5.15 Å². The molecule has 0 fully saturated rings. The van der Waals surface area contributed by atoms with E-state index in [1.165, 1.54) is 6.07 Å². The first kappa shape index (κ1) is 16.1. The van der Waals surface area contributed by atoms with Crippen molar-refractivity contribution in [3.63, 3.8) is 0 Å². The van der Waals surface area contributed by atoms with E-state index in [2.05, 4.69) is 26.2 Å². The molecule has 0 saturated heterocycles. The lowest BCUT2D eigenvalue weighted by Gasteiger charge is -2.11. The quantitative estimate of drug-likeness (QED) is 0.727. The maximum Gasteiger partial charge on any atom is 0.261 e. The molecule has 0 aliphatic rings. The number of amides is 1. The molecular weight excluding hydrogens is 389 g/mol. The van der Waals surface area contributed by atoms with E-state index in [4.69, 9.17) is 23.2 Å². The van der Waals surface area contributed by atoms with Crippen LogP contribution < -0.4 is 5.32 Å². The highest BCUT2D eigenvalue weighted by molar-refractivity contribution is 9.10. The number of carbonyl (C=O) groups excluding carboxylic acids is 1. The van der Waals surface area contributed by atoms with Crippen LogP contribution in [-0.2, 0) is 0 Å². The van der Waals surface area contributed by atoms with E-state index in [1.807, 2.05) is 0 Å². The highest BCUT2D eigenvalue weighted by atomic mass is 79.9. The predicted octanol–water partition coefficient (Wildman–Crippen LogP) is 4.99. The first-order valence-corrected chi connectivity index (χ1v) is 7.13. The molecule has 0 radical (unpaired) electrons. The maximum absolute atomic E-state index is 13.7. The van der Waals surface area contributed by atoms with Gasteiger partial charge in [-0.25, -0.2) is 13.8 Å². The number of hydrogen-bond donors (Lipinski definition) is 1. The van der Waals surface area contributed by atoms with E-state index >= 15 is 0 Å². The molecule has 0 atom stereocenters. The zero-order valence-electron chi connectivity index (χ0n) is 10.5. The molecule has 0 aliphatic heterocycles. The van der Waals surface area contributed by atoms with Crippen LogP contribution in [0.15, 0.2) is 22.7 Å². The molecule has 110 valence electrons. The van der Waals surface area contributed by atoms with Gasteiger partial charge in [0.2, 0.25) is 0 Å². The van der Waals surface area contributed by atoms with E-state index in [-0.39, 0.29) is 20.5 Å². The van der Waals surface area contributed by atoms with E-state index in [1.54, 1.807) is 6.92 Å². The second-order valence-corrected chi connectivity index (χ2v) is 5.79. The Morgan fingerprint density at radius 1 is 1.24 bits per heavy atom. The molecule has 2 rings (SSSR count). The summed E-state index contributed by atoms with van der Waals surface area (Å²) in [5.74, 6) is -2.95. The van der Waals surface area contributed by atoms with Gasteiger partial charge in [0, 0.05) is 4.47 Å². The van der Waals surface area contributed by atoms with Crippen molar-refractivity contribution in [2.75, 3.05) is 5.32 Å². The summed E-state index contributed by atoms with van der Waals surface area (Å²) >= 11 is 14.5. The smallest absolute Gasteiger partial charge is 0.261 e. The fourth-order valence-electron chi connectivity index (χ4n) is 1.68. The first-order valence-electron chi connectivity index (χ1n) is 5.58. The largest absolute Gasteiger partial charge is 0.319 e. The summed E-state index contributed by atoms with van der Waals surface area (Å²) < 4.78 is 27.6. The van der Waals surface area contributed by atoms with Gasteiger partial charge in [-0.1, -0.05) is 39.1 Å². The van der Waals surface area contributed by atoms with Crippen LogP contribution in [0.3, 0.4) is 0 Å². The van der Waals surface area contributed by atoms with Gasteiger partial charge in [-0.2, -0.15) is 0 Å². The summed E-state index contributed by atoms with van der Waals surface area (Å²) in [7, 11) is 0. The third kappa shape index (κ3) is 3.51. The SMILES string of the molecule is Cc1cc(Cl)nc(Cl)c1NC(=O)c1c(F)cc(Br)cc1F. The monoisotopic (exact) mass is 394 g/mol. The molecule has 0 spiro atoms. The third-order valence-electron chi connectivity index (χ3n) is 2.61. The summed E-state index contributed by atoms with van der Waals surface area (Å²) in [4.78, 5) is 15.8. The summed E-state index contributed by atoms with van der Waals surface area (Å²) in [6.45, 7) is 1.63. The molecule has 1 amide bonds. The van der Waals surface area contributed by atoms with Crippen molar-refractivity contribution < 1.29 is 13.6 Å². The number of benzene rings is 1. The zero-order chi connectivity index (χ0) is 15.7. The van der Waals surface area contributed by atoms with Crippen molar-refractivity contribution >= 4 is 50.7 Å². The zero-order valence-corrected chi connectivity index (χ0v) is 13.6. The van der Waals surface area contributed by atoms with E-state index < -0.39 is 23.1 Å². The number of carbonyl (C=O) groups is 1. The molecule has 2 aromatic rings. The molecule has 0 aliphatic carbocycles. The molecule has 0 bridgehead atoms. The summed E-state index contributed by atoms with van der Waals surface area (Å²) in [5.41, 5.74) is -0.0392. The van der Waals surface area contributed by atoms with Crippen LogP contribution in [-0.4, -0.2) is 10.9 Å². The minimum atomic E-state index is -0.991. The number of pyridine rings is 1. The molecule has 0 saturated carbocycles. The Labute approximate surface area is 137 Å². The number of nitrogens with zero attached hydrogens (tertiary/aromatic N) is 1. The summed E-state index contributed by atoms with van der Waals surface area (Å²) in [5, 5.41) is 2.42. The van der Waals surface area contributed by atoms with E-state index in [0.717, 1.165) is 12.1 Å². The van der Waals surface area contributed by atoms with Crippen molar-refractivity contribution in [3.05, 3.63) is 55.7 Å². The topological polar surface area (TPSA) is 42.0 Å². The average molecular weight is 396 g/mol. The Hall–Kier alpha value is -1.24. The molecule has 1 N–H and O–H groups in total. The number of rotatable bonds is 2. The van der Waals surface area contributed by atoms with Gasteiger partial charge < -0.3 is 5.32 Å². The van der Waals surface area contributed by atoms with Gasteiger partial charge in [-0.15, -0.1) is 0 Å². The van der Waals surface area contributed by atoms with Crippen molar-refractivity contribution in [1.29, 1.82) is 0 Å². The van der Waals surface area contributed by atoms with Crippen LogP contribution in [0.1, 0.15) is 15.9 Å². The first-order chi connectivity index (χ1) is 9.79. The van der Waals surface area contributed by atoms with Crippen LogP contribution in [0.4, 0.5) is 14.5 Å². The number of nitrogens with one attached hydrogen (secondary N) is 1. The van der Waals surface area contributed by atoms with Crippen LogP contribution in [0, 0.1) is 18.6 Å². The summed E-state index contributed by atoms with van der Waals surface area (Å²) in [6, 6.07) is 3.45. The average Bonchev–Trinajstić information content (AvgIpc) is 2.32. The summed E-state index contributed by atoms with van der Waals surface area (Å²) in [6.07, 6.45) is 0. The van der Waals surface area contributed by atoms with Gasteiger partial charge in [0.1, 0.15) is 22.4 Å². The number of aromatic nitrogens is 1. The number of aryl methyl sites for hydroxylation is 1. The highest BCUT2D eigenvalue weighted by Crippen LogP contribution is 2.28. The van der Waals surface area contributed by atoms with Gasteiger partial charge in [0.25, 0.3) is 5.91 Å². The van der Waals surface area contributed by atoms with Gasteiger partial charge in [-0.3, -0.25) is 4.79 Å². The molecule has 1 aromatic heterocycles. The molecule has 21 heavy (non-hydrogen) atoms. The molecule has 1 aromatic carbocycles. The molecular formula is C13H7BrCl2F2N2O. The second kappa shape index (κ2) is 6.25. The van der Waals surface area contributed by atoms with Crippen molar-refractivity contribution in [1.82, 2.24) is 4.98 Å². The predicted molar refractivity (Wildman–Crippen MR) is 81.0 cm³/mol. The maximum atomic E-state index is 13.7. The minimum absolute atomic E-state index is 0.0636. The second-order valence-electron chi connectivity index (χ2n) is 4.13. The standard InChI is InChI=1S/C13H7BrCl2F2N2O/c1-5-2-9(15)19-12(16)11(5)20-13(21)10-7(17)3-6(14)4-8(10)18/h2-4H,1H3,(H,20,21). The van der Waals surface area contributed by atoms with Gasteiger partial charge in [-0.05, 0) is 30.7 Å². The fourth-order valence-corrected chi connectivity index (χ4v) is 2.66. The Bertz CT molecular complexity index is 694. The Kier molecular flexibility index (Phi) is 4.81. The van der Waals surface area contributed by atoms with Gasteiger partial charge >= 0.3 is 0 Å². The third-order valence-corrected chi connectivity index (χ3v) is 3.54. The number of anilines is 1. The number of hydrogen-bond acceptors (Lipinski definition) is 2. The van der Waals surface area contributed by atoms with Crippen LogP contribution >= 0.6 is 39.1 Å². The minimum Gasteiger partial charge on any atom is -0.319 e. The molecule has 3 nitrogen and oxygen atoms in total. The molecule has 0 unspecified atom stereocenters. The molecule has 8 heteroatoms. The van der Waals surface area contributed by atoms with Crippen LogP contribution in [0.2, 0.25) is 10.3 Å². The van der Waals surface area contributed by atoms with Crippen molar-refractivity contribution in [2.24, 2.45) is 0 Å². The fraction of sp³-hybridized carbons (Fsp3) is 0.0769. The van der Waals surface area contributed by atoms with E-state index in [0.29, 0.717) is 5.56 Å². The Balaban J connectivity index is 2.40. The van der Waals surface area contributed by atoms with Gasteiger partial charge in [0.05, 0.1) is 5.69 Å². The normalized spacial score (nSPS) is 10.6. The lowest BCUT2D eigenvalue weighted by Crippen LogP contribution is -2.17. The Morgan fingerprint density at radius 3 is 2.33 bits per heavy atom. The lowest BCUT2D eigenvalue weighted by molar-refractivity contribution is 0.101.